The summed E-state index contributed by atoms with van der Waals surface area (Å²) in [4.78, 5) is 6.50. The lowest BCUT2D eigenvalue weighted by Crippen LogP contribution is -2.19. The van der Waals surface area contributed by atoms with E-state index in [2.05, 4.69) is 59.6 Å². The molecule has 1 aromatic carbocycles. The number of rotatable bonds is 5. The van der Waals surface area contributed by atoms with Crippen LogP contribution < -0.4 is 10.2 Å². The van der Waals surface area contributed by atoms with Crippen LogP contribution in [0.3, 0.4) is 0 Å². The van der Waals surface area contributed by atoms with Crippen LogP contribution in [0.15, 0.2) is 48.7 Å². The first-order valence-corrected chi connectivity index (χ1v) is 6.55. The molecule has 1 heterocycles. The molecule has 2 aromatic rings. The Balaban J connectivity index is 2.13. The Kier molecular flexibility index (Phi) is 4.53. The fraction of sp³-hybridized carbons (Fsp3) is 0.312. The number of nitrogens with one attached hydrogen (secondary N) is 1. The highest BCUT2D eigenvalue weighted by molar-refractivity contribution is 5.46. The number of aromatic nitrogens is 1. The normalized spacial score (nSPS) is 12.2. The van der Waals surface area contributed by atoms with E-state index in [1.807, 2.05) is 25.4 Å². The maximum absolute atomic E-state index is 4.39. The molecular formula is C16H21N3. The molecule has 1 aromatic heterocycles. The third-order valence-electron chi connectivity index (χ3n) is 3.30. The predicted octanol–water partition coefficient (Wildman–Crippen LogP) is 2.65. The molecule has 0 bridgehead atoms. The van der Waals surface area contributed by atoms with Gasteiger partial charge in [0.15, 0.2) is 0 Å². The van der Waals surface area contributed by atoms with E-state index in [-0.39, 0.29) is 0 Å². The second-order valence-corrected chi connectivity index (χ2v) is 4.85. The first kappa shape index (κ1) is 13.6. The third kappa shape index (κ3) is 3.55. The van der Waals surface area contributed by atoms with Crippen LogP contribution >= 0.6 is 0 Å². The molecule has 0 aliphatic carbocycles. The van der Waals surface area contributed by atoms with Gasteiger partial charge in [0.1, 0.15) is 0 Å². The Morgan fingerprint density at radius 2 is 1.84 bits per heavy atom. The molecule has 0 spiro atoms. The molecule has 0 fully saturated rings. The summed E-state index contributed by atoms with van der Waals surface area (Å²) in [5.41, 5.74) is 3.62. The fourth-order valence-corrected chi connectivity index (χ4v) is 2.12. The molecule has 3 heteroatoms. The summed E-state index contributed by atoms with van der Waals surface area (Å²) < 4.78 is 0. The van der Waals surface area contributed by atoms with E-state index in [0.29, 0.717) is 6.04 Å². The molecule has 1 N–H and O–H groups in total. The number of nitrogens with zero attached hydrogens (tertiary/aromatic N) is 2. The summed E-state index contributed by atoms with van der Waals surface area (Å²) >= 11 is 0. The number of benzene rings is 1. The second kappa shape index (κ2) is 6.34. The fourth-order valence-electron chi connectivity index (χ4n) is 2.12. The number of hydrogen-bond donors (Lipinski definition) is 1. The van der Waals surface area contributed by atoms with Gasteiger partial charge in [-0.15, -0.1) is 0 Å². The largest absolute Gasteiger partial charge is 0.378 e. The van der Waals surface area contributed by atoms with Crippen molar-refractivity contribution >= 4 is 5.69 Å². The van der Waals surface area contributed by atoms with E-state index < -0.39 is 0 Å². The summed E-state index contributed by atoms with van der Waals surface area (Å²) in [6.45, 7) is 0. The molecule has 0 aliphatic heterocycles. The zero-order valence-corrected chi connectivity index (χ0v) is 11.8. The van der Waals surface area contributed by atoms with Gasteiger partial charge in [-0.2, -0.15) is 0 Å². The number of likely N-dealkylation sites (N-methyl/N-ethyl adjacent to an activating group) is 1. The Labute approximate surface area is 115 Å². The Morgan fingerprint density at radius 1 is 1.11 bits per heavy atom. The van der Waals surface area contributed by atoms with Gasteiger partial charge in [-0.3, -0.25) is 4.98 Å². The van der Waals surface area contributed by atoms with Crippen LogP contribution in [-0.2, 0) is 6.42 Å². The molecule has 0 amide bonds. The van der Waals surface area contributed by atoms with Crippen LogP contribution in [0.2, 0.25) is 0 Å². The molecule has 19 heavy (non-hydrogen) atoms. The van der Waals surface area contributed by atoms with E-state index in [1.165, 1.54) is 11.3 Å². The zero-order chi connectivity index (χ0) is 13.7. The maximum atomic E-state index is 4.39. The first-order chi connectivity index (χ1) is 9.20. The average molecular weight is 255 g/mol. The van der Waals surface area contributed by atoms with Crippen molar-refractivity contribution in [1.82, 2.24) is 10.3 Å². The summed E-state index contributed by atoms with van der Waals surface area (Å²) in [7, 11) is 6.10. The molecule has 0 saturated carbocycles. The van der Waals surface area contributed by atoms with Crippen LogP contribution in [-0.4, -0.2) is 26.1 Å². The minimum absolute atomic E-state index is 0.297. The Bertz CT molecular complexity index is 491. The van der Waals surface area contributed by atoms with E-state index in [0.717, 1.165) is 12.1 Å². The lowest BCUT2D eigenvalue weighted by atomic mass is 10.0. The highest BCUT2D eigenvalue weighted by Gasteiger charge is 2.10. The number of anilines is 1. The molecule has 100 valence electrons. The van der Waals surface area contributed by atoms with Gasteiger partial charge in [0.25, 0.3) is 0 Å². The van der Waals surface area contributed by atoms with Crippen molar-refractivity contribution in [2.75, 3.05) is 26.0 Å². The molecule has 2 rings (SSSR count). The van der Waals surface area contributed by atoms with E-state index in [4.69, 9.17) is 0 Å². The Morgan fingerprint density at radius 3 is 2.37 bits per heavy atom. The van der Waals surface area contributed by atoms with Crippen molar-refractivity contribution in [3.63, 3.8) is 0 Å². The topological polar surface area (TPSA) is 28.2 Å². The van der Waals surface area contributed by atoms with E-state index in [1.54, 1.807) is 0 Å². The van der Waals surface area contributed by atoms with Gasteiger partial charge in [0.2, 0.25) is 0 Å². The molecule has 0 aliphatic rings. The highest BCUT2D eigenvalue weighted by atomic mass is 15.1. The van der Waals surface area contributed by atoms with Crippen LogP contribution in [0.25, 0.3) is 0 Å². The van der Waals surface area contributed by atoms with Crippen molar-refractivity contribution < 1.29 is 0 Å². The summed E-state index contributed by atoms with van der Waals surface area (Å²) in [5.74, 6) is 0. The smallest absolute Gasteiger partial charge is 0.0422 e. The predicted molar refractivity (Wildman–Crippen MR) is 80.5 cm³/mol. The summed E-state index contributed by atoms with van der Waals surface area (Å²) in [5, 5.41) is 3.36. The quantitative estimate of drug-likeness (QED) is 0.890. The molecule has 1 unspecified atom stereocenters. The maximum Gasteiger partial charge on any atom is 0.0422 e. The minimum Gasteiger partial charge on any atom is -0.378 e. The number of pyridine rings is 1. The average Bonchev–Trinajstić information content (AvgIpc) is 2.46. The molecular weight excluding hydrogens is 234 g/mol. The van der Waals surface area contributed by atoms with Crippen molar-refractivity contribution in [2.45, 2.75) is 12.5 Å². The van der Waals surface area contributed by atoms with Gasteiger partial charge in [-0.05, 0) is 36.9 Å². The first-order valence-electron chi connectivity index (χ1n) is 6.55. The van der Waals surface area contributed by atoms with Crippen molar-refractivity contribution in [3.8, 4) is 0 Å². The molecule has 0 radical (unpaired) electrons. The van der Waals surface area contributed by atoms with Crippen LogP contribution in [0.1, 0.15) is 17.3 Å². The zero-order valence-electron chi connectivity index (χ0n) is 11.8. The van der Waals surface area contributed by atoms with E-state index in [9.17, 15) is 0 Å². The minimum atomic E-state index is 0.297. The molecule has 3 nitrogen and oxygen atoms in total. The van der Waals surface area contributed by atoms with Gasteiger partial charge < -0.3 is 10.2 Å². The lowest BCUT2D eigenvalue weighted by molar-refractivity contribution is 0.584. The van der Waals surface area contributed by atoms with Gasteiger partial charge in [-0.25, -0.2) is 0 Å². The number of hydrogen-bond acceptors (Lipinski definition) is 3. The van der Waals surface area contributed by atoms with Crippen LogP contribution in [0.5, 0.6) is 0 Å². The van der Waals surface area contributed by atoms with Crippen LogP contribution in [0.4, 0.5) is 5.69 Å². The van der Waals surface area contributed by atoms with E-state index >= 15 is 0 Å². The summed E-state index contributed by atoms with van der Waals surface area (Å²) in [6, 6.07) is 15.0. The van der Waals surface area contributed by atoms with Gasteiger partial charge in [-0.1, -0.05) is 18.2 Å². The molecule has 1 atom stereocenters. The standard InChI is InChI=1S/C16H21N3/c1-17-16(12-14-6-4-5-11-18-14)13-7-9-15(10-8-13)19(2)3/h4-11,16-17H,12H2,1-3H3. The highest BCUT2D eigenvalue weighted by Crippen LogP contribution is 2.20. The third-order valence-corrected chi connectivity index (χ3v) is 3.30. The van der Waals surface area contributed by atoms with Gasteiger partial charge in [0.05, 0.1) is 0 Å². The van der Waals surface area contributed by atoms with Crippen LogP contribution in [0, 0.1) is 0 Å². The monoisotopic (exact) mass is 255 g/mol. The van der Waals surface area contributed by atoms with Crippen molar-refractivity contribution in [1.29, 1.82) is 0 Å². The van der Waals surface area contributed by atoms with Gasteiger partial charge in [0, 0.05) is 44.1 Å². The SMILES string of the molecule is CNC(Cc1ccccn1)c1ccc(N(C)C)cc1. The van der Waals surface area contributed by atoms with Crippen molar-refractivity contribution in [3.05, 3.63) is 59.9 Å². The molecule has 0 saturated heterocycles. The Hall–Kier alpha value is -1.87. The van der Waals surface area contributed by atoms with Crippen molar-refractivity contribution in [2.24, 2.45) is 0 Å². The second-order valence-electron chi connectivity index (χ2n) is 4.85. The lowest BCUT2D eigenvalue weighted by Gasteiger charge is -2.18. The van der Waals surface area contributed by atoms with Gasteiger partial charge >= 0.3 is 0 Å². The summed E-state index contributed by atoms with van der Waals surface area (Å²) in [6.07, 6.45) is 2.75.